The maximum atomic E-state index is 10.4. The summed E-state index contributed by atoms with van der Waals surface area (Å²) >= 11 is 0. The van der Waals surface area contributed by atoms with Crippen molar-refractivity contribution in [1.29, 1.82) is 0 Å². The van der Waals surface area contributed by atoms with E-state index >= 15 is 0 Å². The van der Waals surface area contributed by atoms with Crippen LogP contribution in [-0.2, 0) is 16.7 Å². The second-order valence-corrected chi connectivity index (χ2v) is 4.21. The molecule has 0 heterocycles. The Hall–Kier alpha value is -1.11. The smallest absolute Gasteiger partial charge is 0.283 e. The zero-order chi connectivity index (χ0) is 10.6. The SMILES string of the molecule is O=S(=O)(O)CNc1cccc(CO)c1. The van der Waals surface area contributed by atoms with Gasteiger partial charge in [-0.1, -0.05) is 12.1 Å². The zero-order valence-electron chi connectivity index (χ0n) is 7.34. The fraction of sp³-hybridized carbons (Fsp3) is 0.250. The molecule has 0 atom stereocenters. The summed E-state index contributed by atoms with van der Waals surface area (Å²) in [4.78, 5) is 0. The van der Waals surface area contributed by atoms with Gasteiger partial charge in [0.1, 0.15) is 5.88 Å². The number of hydrogen-bond acceptors (Lipinski definition) is 4. The Morgan fingerprint density at radius 1 is 1.36 bits per heavy atom. The highest BCUT2D eigenvalue weighted by Crippen LogP contribution is 2.10. The number of rotatable bonds is 4. The molecular formula is C8H11NO4S. The van der Waals surface area contributed by atoms with Gasteiger partial charge in [-0.2, -0.15) is 8.42 Å². The fourth-order valence-electron chi connectivity index (χ4n) is 0.954. The molecule has 0 aliphatic rings. The molecule has 1 aromatic rings. The number of aliphatic hydroxyl groups excluding tert-OH is 1. The summed E-state index contributed by atoms with van der Waals surface area (Å²) in [5.41, 5.74) is 1.21. The monoisotopic (exact) mass is 217 g/mol. The number of hydrogen-bond donors (Lipinski definition) is 3. The van der Waals surface area contributed by atoms with Gasteiger partial charge in [-0.3, -0.25) is 4.55 Å². The minimum atomic E-state index is -4.02. The van der Waals surface area contributed by atoms with Crippen molar-refractivity contribution in [3.8, 4) is 0 Å². The molecule has 0 aromatic heterocycles. The third-order valence-electron chi connectivity index (χ3n) is 1.57. The molecule has 0 bridgehead atoms. The van der Waals surface area contributed by atoms with Crippen molar-refractivity contribution >= 4 is 15.8 Å². The number of nitrogens with one attached hydrogen (secondary N) is 1. The van der Waals surface area contributed by atoms with Crippen LogP contribution in [-0.4, -0.2) is 24.0 Å². The first-order valence-corrected chi connectivity index (χ1v) is 5.51. The van der Waals surface area contributed by atoms with Crippen molar-refractivity contribution in [2.24, 2.45) is 0 Å². The highest BCUT2D eigenvalue weighted by molar-refractivity contribution is 7.85. The minimum Gasteiger partial charge on any atom is -0.392 e. The first-order chi connectivity index (χ1) is 6.51. The van der Waals surface area contributed by atoms with Crippen LogP contribution in [0.15, 0.2) is 24.3 Å². The Labute approximate surface area is 82.1 Å². The summed E-state index contributed by atoms with van der Waals surface area (Å²) in [6.45, 7) is -0.110. The standard InChI is InChI=1S/C8H11NO4S/c10-5-7-2-1-3-8(4-7)9-6-14(11,12)13/h1-4,9-10H,5-6H2,(H,11,12,13). The second-order valence-electron chi connectivity index (χ2n) is 2.76. The van der Waals surface area contributed by atoms with Crippen molar-refractivity contribution in [2.45, 2.75) is 6.61 Å². The van der Waals surface area contributed by atoms with Crippen LogP contribution in [0.4, 0.5) is 5.69 Å². The predicted octanol–water partition coefficient (Wildman–Crippen LogP) is 0.436. The molecule has 6 heteroatoms. The van der Waals surface area contributed by atoms with Gasteiger partial charge in [-0.15, -0.1) is 0 Å². The minimum absolute atomic E-state index is 0.110. The van der Waals surface area contributed by atoms with E-state index in [2.05, 4.69) is 5.32 Å². The first kappa shape index (κ1) is 11.0. The lowest BCUT2D eigenvalue weighted by atomic mass is 10.2. The van der Waals surface area contributed by atoms with Crippen LogP contribution in [0.3, 0.4) is 0 Å². The van der Waals surface area contributed by atoms with Crippen molar-refractivity contribution in [1.82, 2.24) is 0 Å². The lowest BCUT2D eigenvalue weighted by Gasteiger charge is -2.05. The van der Waals surface area contributed by atoms with Gasteiger partial charge in [0.05, 0.1) is 6.61 Å². The summed E-state index contributed by atoms with van der Waals surface area (Å²) < 4.78 is 29.3. The molecule has 0 radical (unpaired) electrons. The van der Waals surface area contributed by atoms with Crippen LogP contribution in [0, 0.1) is 0 Å². The van der Waals surface area contributed by atoms with Crippen LogP contribution in [0.5, 0.6) is 0 Å². The van der Waals surface area contributed by atoms with Gasteiger partial charge in [-0.05, 0) is 17.7 Å². The van der Waals surface area contributed by atoms with Gasteiger partial charge in [0.15, 0.2) is 0 Å². The molecule has 0 aliphatic carbocycles. The van der Waals surface area contributed by atoms with Gasteiger partial charge < -0.3 is 10.4 Å². The topological polar surface area (TPSA) is 86.6 Å². The Morgan fingerprint density at radius 3 is 2.64 bits per heavy atom. The zero-order valence-corrected chi connectivity index (χ0v) is 8.16. The fourth-order valence-corrected chi connectivity index (χ4v) is 1.30. The van der Waals surface area contributed by atoms with E-state index in [9.17, 15) is 8.42 Å². The molecule has 0 saturated heterocycles. The lowest BCUT2D eigenvalue weighted by molar-refractivity contribution is 0.282. The molecule has 0 spiro atoms. The van der Waals surface area contributed by atoms with E-state index in [4.69, 9.17) is 9.66 Å². The number of benzene rings is 1. The van der Waals surface area contributed by atoms with Crippen molar-refractivity contribution in [3.63, 3.8) is 0 Å². The molecule has 78 valence electrons. The van der Waals surface area contributed by atoms with Crippen LogP contribution >= 0.6 is 0 Å². The molecule has 3 N–H and O–H groups in total. The van der Waals surface area contributed by atoms with E-state index in [1.165, 1.54) is 0 Å². The average molecular weight is 217 g/mol. The van der Waals surface area contributed by atoms with Crippen molar-refractivity contribution < 1.29 is 18.1 Å². The molecule has 0 saturated carbocycles. The molecule has 1 rings (SSSR count). The molecule has 0 unspecified atom stereocenters. The summed E-state index contributed by atoms with van der Waals surface area (Å²) in [6, 6.07) is 6.63. The van der Waals surface area contributed by atoms with Gasteiger partial charge in [-0.25, -0.2) is 0 Å². The first-order valence-electron chi connectivity index (χ1n) is 3.90. The van der Waals surface area contributed by atoms with E-state index in [1.54, 1.807) is 24.3 Å². The number of aliphatic hydroxyl groups is 1. The Bertz CT molecular complexity index is 402. The molecule has 0 amide bonds. The lowest BCUT2D eigenvalue weighted by Crippen LogP contribution is -2.12. The van der Waals surface area contributed by atoms with Gasteiger partial charge in [0.2, 0.25) is 0 Å². The summed E-state index contributed by atoms with van der Waals surface area (Å²) in [7, 11) is -4.02. The summed E-state index contributed by atoms with van der Waals surface area (Å²) in [6.07, 6.45) is 0. The Kier molecular flexibility index (Phi) is 3.45. The molecular weight excluding hydrogens is 206 g/mol. The molecule has 5 nitrogen and oxygen atoms in total. The summed E-state index contributed by atoms with van der Waals surface area (Å²) in [5, 5.41) is 11.3. The molecule has 0 aliphatic heterocycles. The molecule has 0 fully saturated rings. The normalized spacial score (nSPS) is 11.3. The molecule has 14 heavy (non-hydrogen) atoms. The van der Waals surface area contributed by atoms with Crippen LogP contribution in [0.1, 0.15) is 5.56 Å². The number of anilines is 1. The summed E-state index contributed by atoms with van der Waals surface area (Å²) in [5.74, 6) is -0.540. The quantitative estimate of drug-likeness (QED) is 0.637. The van der Waals surface area contributed by atoms with Gasteiger partial charge in [0, 0.05) is 5.69 Å². The van der Waals surface area contributed by atoms with Crippen LogP contribution in [0.25, 0.3) is 0 Å². The van der Waals surface area contributed by atoms with E-state index in [0.29, 0.717) is 11.3 Å². The largest absolute Gasteiger partial charge is 0.392 e. The maximum absolute atomic E-state index is 10.4. The predicted molar refractivity (Wildman–Crippen MR) is 52.4 cm³/mol. The average Bonchev–Trinajstić information content (AvgIpc) is 2.14. The van der Waals surface area contributed by atoms with Gasteiger partial charge in [0.25, 0.3) is 10.1 Å². The van der Waals surface area contributed by atoms with Crippen molar-refractivity contribution in [2.75, 3.05) is 11.2 Å². The van der Waals surface area contributed by atoms with E-state index in [1.807, 2.05) is 0 Å². The Balaban J connectivity index is 2.68. The van der Waals surface area contributed by atoms with E-state index in [-0.39, 0.29) is 6.61 Å². The molecule has 1 aromatic carbocycles. The highest BCUT2D eigenvalue weighted by atomic mass is 32.2. The maximum Gasteiger partial charge on any atom is 0.283 e. The van der Waals surface area contributed by atoms with Crippen molar-refractivity contribution in [3.05, 3.63) is 29.8 Å². The van der Waals surface area contributed by atoms with Gasteiger partial charge >= 0.3 is 0 Å². The highest BCUT2D eigenvalue weighted by Gasteiger charge is 2.03. The van der Waals surface area contributed by atoms with Crippen LogP contribution in [0.2, 0.25) is 0 Å². The third kappa shape index (κ3) is 3.73. The second kappa shape index (κ2) is 4.41. The third-order valence-corrected chi connectivity index (χ3v) is 2.08. The van der Waals surface area contributed by atoms with Crippen LogP contribution < -0.4 is 5.32 Å². The Morgan fingerprint density at radius 2 is 2.07 bits per heavy atom. The van der Waals surface area contributed by atoms with E-state index in [0.717, 1.165) is 0 Å². The van der Waals surface area contributed by atoms with E-state index < -0.39 is 16.0 Å².